The van der Waals surface area contributed by atoms with Crippen LogP contribution in [0.1, 0.15) is 5.69 Å². The van der Waals surface area contributed by atoms with E-state index in [1.807, 2.05) is 6.26 Å². The second-order valence-corrected chi connectivity index (χ2v) is 8.04. The Morgan fingerprint density at radius 3 is 2.41 bits per heavy atom. The Kier molecular flexibility index (Phi) is 3.76. The van der Waals surface area contributed by atoms with Crippen LogP contribution in [0.3, 0.4) is 0 Å². The van der Waals surface area contributed by atoms with Crippen LogP contribution >= 0.6 is 11.8 Å². The van der Waals surface area contributed by atoms with Crippen molar-refractivity contribution in [3.63, 3.8) is 0 Å². The number of thioether (sulfide) groups is 1. The van der Waals surface area contributed by atoms with Gasteiger partial charge in [0.05, 0.1) is 29.9 Å². The summed E-state index contributed by atoms with van der Waals surface area (Å²) in [5, 5.41) is 18.0. The highest BCUT2D eigenvalue weighted by atomic mass is 32.2. The number of hydrogen-bond acceptors (Lipinski definition) is 6. The molecule has 9 heteroatoms. The maximum absolute atomic E-state index is 12.5. The predicted octanol–water partition coefficient (Wildman–Crippen LogP) is 0.429. The number of rotatable bonds is 4. The Morgan fingerprint density at radius 1 is 1.27 bits per heavy atom. The van der Waals surface area contributed by atoms with Crippen LogP contribution in [-0.2, 0) is 22.7 Å². The van der Waals surface area contributed by atoms with E-state index in [9.17, 15) is 13.5 Å². The van der Waals surface area contributed by atoms with Gasteiger partial charge in [-0.15, -0.1) is 16.9 Å². The molecule has 1 saturated heterocycles. The standard InChI is InChI=1S/C13H16N4O3S2/c1-16-12(7-14-15-16)13(18)8-17(9-13)22(19,20)11-5-3-10(21-2)4-6-11/h3-7,18H,8-9H2,1-2H3. The minimum atomic E-state index is -3.59. The molecule has 1 aliphatic heterocycles. The van der Waals surface area contributed by atoms with Gasteiger partial charge in [-0.1, -0.05) is 5.21 Å². The highest BCUT2D eigenvalue weighted by Crippen LogP contribution is 2.35. The second-order valence-electron chi connectivity index (χ2n) is 5.22. The van der Waals surface area contributed by atoms with Crippen molar-refractivity contribution in [2.75, 3.05) is 19.3 Å². The van der Waals surface area contributed by atoms with Crippen LogP contribution in [-0.4, -0.2) is 52.2 Å². The van der Waals surface area contributed by atoms with Crippen molar-refractivity contribution < 1.29 is 13.5 Å². The molecule has 7 nitrogen and oxygen atoms in total. The van der Waals surface area contributed by atoms with E-state index < -0.39 is 15.6 Å². The minimum absolute atomic E-state index is 0.000819. The Hall–Kier alpha value is -1.42. The summed E-state index contributed by atoms with van der Waals surface area (Å²) in [6.07, 6.45) is 3.39. The lowest BCUT2D eigenvalue weighted by Crippen LogP contribution is -2.61. The fourth-order valence-electron chi connectivity index (χ4n) is 2.48. The first kappa shape index (κ1) is 15.5. The fraction of sp³-hybridized carbons (Fsp3) is 0.385. The molecule has 118 valence electrons. The van der Waals surface area contributed by atoms with E-state index in [0.29, 0.717) is 5.69 Å². The summed E-state index contributed by atoms with van der Waals surface area (Å²) < 4.78 is 27.8. The first-order valence-corrected chi connectivity index (χ1v) is 9.25. The highest BCUT2D eigenvalue weighted by Gasteiger charge is 2.50. The van der Waals surface area contributed by atoms with Gasteiger partial charge in [-0.3, -0.25) is 0 Å². The van der Waals surface area contributed by atoms with Gasteiger partial charge in [0.2, 0.25) is 10.0 Å². The van der Waals surface area contributed by atoms with Crippen molar-refractivity contribution in [1.29, 1.82) is 0 Å². The summed E-state index contributed by atoms with van der Waals surface area (Å²) >= 11 is 1.55. The van der Waals surface area contributed by atoms with Crippen LogP contribution in [0.4, 0.5) is 0 Å². The summed E-state index contributed by atoms with van der Waals surface area (Å²) in [5.74, 6) is 0. The van der Waals surface area contributed by atoms with Crippen molar-refractivity contribution in [2.24, 2.45) is 7.05 Å². The van der Waals surface area contributed by atoms with Crippen molar-refractivity contribution in [3.05, 3.63) is 36.2 Å². The third kappa shape index (κ3) is 2.43. The van der Waals surface area contributed by atoms with E-state index in [4.69, 9.17) is 0 Å². The molecule has 3 rings (SSSR count). The molecule has 1 aromatic heterocycles. The number of aryl methyl sites for hydroxylation is 1. The summed E-state index contributed by atoms with van der Waals surface area (Å²) in [6.45, 7) is 0.00164. The molecular formula is C13H16N4O3S2. The van der Waals surface area contributed by atoms with Gasteiger partial charge in [0, 0.05) is 11.9 Å². The van der Waals surface area contributed by atoms with Gasteiger partial charge >= 0.3 is 0 Å². The van der Waals surface area contributed by atoms with E-state index in [-0.39, 0.29) is 18.0 Å². The maximum Gasteiger partial charge on any atom is 0.243 e. The van der Waals surface area contributed by atoms with Gasteiger partial charge in [-0.25, -0.2) is 13.1 Å². The first-order valence-electron chi connectivity index (χ1n) is 6.58. The number of hydrogen-bond donors (Lipinski definition) is 1. The lowest BCUT2D eigenvalue weighted by atomic mass is 9.93. The fourth-order valence-corrected chi connectivity index (χ4v) is 4.43. The van der Waals surface area contributed by atoms with Crippen molar-refractivity contribution in [1.82, 2.24) is 19.3 Å². The second kappa shape index (κ2) is 5.34. The molecule has 0 amide bonds. The van der Waals surface area contributed by atoms with E-state index in [0.717, 1.165) is 4.90 Å². The summed E-state index contributed by atoms with van der Waals surface area (Å²) in [5.41, 5.74) is -0.721. The molecule has 0 spiro atoms. The van der Waals surface area contributed by atoms with Crippen LogP contribution in [0, 0.1) is 0 Å². The van der Waals surface area contributed by atoms with Gasteiger partial charge in [-0.2, -0.15) is 4.31 Å². The van der Waals surface area contributed by atoms with Gasteiger partial charge in [0.1, 0.15) is 5.60 Å². The SMILES string of the molecule is CSc1ccc(S(=O)(=O)N2CC(O)(c3cnnn3C)C2)cc1. The Morgan fingerprint density at radius 2 is 1.91 bits per heavy atom. The molecule has 1 N–H and O–H groups in total. The molecule has 1 fully saturated rings. The van der Waals surface area contributed by atoms with Crippen LogP contribution in [0.15, 0.2) is 40.3 Å². The number of β-amino-alcohol motifs (C(OH)–C–C–N with tert-alkyl or cyclic N) is 1. The zero-order chi connectivity index (χ0) is 16.0. The molecule has 2 aromatic rings. The van der Waals surface area contributed by atoms with E-state index in [1.165, 1.54) is 15.2 Å². The summed E-state index contributed by atoms with van der Waals surface area (Å²) in [7, 11) is -1.92. The highest BCUT2D eigenvalue weighted by molar-refractivity contribution is 7.98. The van der Waals surface area contributed by atoms with Crippen LogP contribution in [0.5, 0.6) is 0 Å². The molecule has 0 aliphatic carbocycles. The normalized spacial score (nSPS) is 18.1. The number of benzene rings is 1. The Labute approximate surface area is 133 Å². The van der Waals surface area contributed by atoms with E-state index >= 15 is 0 Å². The zero-order valence-electron chi connectivity index (χ0n) is 12.2. The number of aliphatic hydroxyl groups is 1. The molecule has 0 bridgehead atoms. The average Bonchev–Trinajstić information content (AvgIpc) is 2.90. The first-order chi connectivity index (χ1) is 10.4. The lowest BCUT2D eigenvalue weighted by Gasteiger charge is -2.44. The number of nitrogens with zero attached hydrogens (tertiary/aromatic N) is 4. The Balaban J connectivity index is 1.80. The molecule has 0 unspecified atom stereocenters. The van der Waals surface area contributed by atoms with Gasteiger partial charge < -0.3 is 5.11 Å². The average molecular weight is 340 g/mol. The van der Waals surface area contributed by atoms with Crippen LogP contribution < -0.4 is 0 Å². The van der Waals surface area contributed by atoms with Gasteiger partial charge in [0.25, 0.3) is 0 Å². The number of sulfonamides is 1. The third-order valence-corrected chi connectivity index (χ3v) is 6.31. The van der Waals surface area contributed by atoms with Gasteiger partial charge in [-0.05, 0) is 30.5 Å². The van der Waals surface area contributed by atoms with E-state index in [1.54, 1.807) is 43.1 Å². The molecule has 2 heterocycles. The van der Waals surface area contributed by atoms with Gasteiger partial charge in [0.15, 0.2) is 0 Å². The third-order valence-electron chi connectivity index (χ3n) is 3.76. The minimum Gasteiger partial charge on any atom is -0.381 e. The molecular weight excluding hydrogens is 324 g/mol. The number of aromatic nitrogens is 3. The molecule has 0 atom stereocenters. The topological polar surface area (TPSA) is 88.3 Å². The predicted molar refractivity (Wildman–Crippen MR) is 81.9 cm³/mol. The molecule has 22 heavy (non-hydrogen) atoms. The lowest BCUT2D eigenvalue weighted by molar-refractivity contribution is -0.0707. The molecule has 1 aliphatic rings. The smallest absolute Gasteiger partial charge is 0.243 e. The molecule has 0 saturated carbocycles. The largest absolute Gasteiger partial charge is 0.381 e. The van der Waals surface area contributed by atoms with E-state index in [2.05, 4.69) is 10.3 Å². The quantitative estimate of drug-likeness (QED) is 0.812. The molecule has 1 aromatic carbocycles. The van der Waals surface area contributed by atoms with Crippen LogP contribution in [0.25, 0.3) is 0 Å². The maximum atomic E-state index is 12.5. The van der Waals surface area contributed by atoms with Crippen molar-refractivity contribution in [3.8, 4) is 0 Å². The molecule has 0 radical (unpaired) electrons. The summed E-state index contributed by atoms with van der Waals surface area (Å²) in [4.78, 5) is 1.23. The summed E-state index contributed by atoms with van der Waals surface area (Å²) in [6, 6.07) is 6.72. The van der Waals surface area contributed by atoms with Crippen LogP contribution in [0.2, 0.25) is 0 Å². The van der Waals surface area contributed by atoms with Crippen molar-refractivity contribution >= 4 is 21.8 Å². The zero-order valence-corrected chi connectivity index (χ0v) is 13.8. The Bertz CT molecular complexity index is 780. The monoisotopic (exact) mass is 340 g/mol. The van der Waals surface area contributed by atoms with Crippen molar-refractivity contribution in [2.45, 2.75) is 15.4 Å².